The predicted molar refractivity (Wildman–Crippen MR) is 136 cm³/mol. The zero-order chi connectivity index (χ0) is 27.7. The van der Waals surface area contributed by atoms with Crippen LogP contribution in [0.5, 0.6) is 0 Å². The molecule has 0 aliphatic carbocycles. The summed E-state index contributed by atoms with van der Waals surface area (Å²) < 4.78 is 22.1. The molecule has 10 heteroatoms. The zero-order valence-electron chi connectivity index (χ0n) is 22.6. The van der Waals surface area contributed by atoms with Gasteiger partial charge in [-0.3, -0.25) is 0 Å². The molecule has 0 radical (unpaired) electrons. The van der Waals surface area contributed by atoms with Gasteiger partial charge in [0.25, 0.3) is 0 Å². The molecule has 0 aromatic rings. The second kappa shape index (κ2) is 15.4. The average Bonchev–Trinajstić information content (AvgIpc) is 2.84. The van der Waals surface area contributed by atoms with Gasteiger partial charge in [0.15, 0.2) is 12.6 Å². The third-order valence-electron chi connectivity index (χ3n) is 6.72. The molecule has 2 aliphatic heterocycles. The van der Waals surface area contributed by atoms with Crippen molar-refractivity contribution in [2.75, 3.05) is 13.2 Å². The number of allylic oxidation sites excluding steroid dienone is 5. The highest BCUT2D eigenvalue weighted by atomic mass is 16.7. The van der Waals surface area contributed by atoms with Gasteiger partial charge in [0, 0.05) is 0 Å². The van der Waals surface area contributed by atoms with Crippen molar-refractivity contribution in [3.63, 3.8) is 0 Å². The van der Waals surface area contributed by atoms with Crippen molar-refractivity contribution >= 4 is 0 Å². The molecular weight excluding hydrogens is 484 g/mol. The summed E-state index contributed by atoms with van der Waals surface area (Å²) in [4.78, 5) is 0. The number of aliphatic hydroxyl groups excluding tert-OH is 6. The maximum Gasteiger partial charge on any atom is 0.187 e. The molecule has 2 saturated heterocycles. The first kappa shape index (κ1) is 32.0. The first-order chi connectivity index (χ1) is 17.4. The predicted octanol–water partition coefficient (Wildman–Crippen LogP) is 1.07. The highest BCUT2D eigenvalue weighted by Gasteiger charge is 2.46. The van der Waals surface area contributed by atoms with E-state index in [0.717, 1.165) is 31.3 Å². The van der Waals surface area contributed by atoms with Crippen molar-refractivity contribution in [3.05, 3.63) is 34.9 Å². The molecule has 2 heterocycles. The Morgan fingerprint density at radius 1 is 0.649 bits per heavy atom. The van der Waals surface area contributed by atoms with E-state index < -0.39 is 61.4 Å². The van der Waals surface area contributed by atoms with E-state index in [1.54, 1.807) is 0 Å². The Kier molecular flexibility index (Phi) is 13.4. The van der Waals surface area contributed by atoms with Crippen molar-refractivity contribution in [3.8, 4) is 0 Å². The molecule has 0 saturated carbocycles. The maximum atomic E-state index is 10.3. The minimum Gasteiger partial charge on any atom is -0.388 e. The van der Waals surface area contributed by atoms with Crippen LogP contribution in [0.1, 0.15) is 60.3 Å². The van der Waals surface area contributed by atoms with Gasteiger partial charge in [-0.2, -0.15) is 0 Å². The molecule has 214 valence electrons. The molecule has 0 aromatic heterocycles. The van der Waals surface area contributed by atoms with Crippen LogP contribution in [0.3, 0.4) is 0 Å². The van der Waals surface area contributed by atoms with Gasteiger partial charge in [0.05, 0.1) is 19.3 Å². The van der Waals surface area contributed by atoms with E-state index in [2.05, 4.69) is 32.9 Å². The smallest absolute Gasteiger partial charge is 0.187 e. The summed E-state index contributed by atoms with van der Waals surface area (Å²) in [6, 6.07) is 0. The van der Waals surface area contributed by atoms with Gasteiger partial charge < -0.3 is 49.6 Å². The van der Waals surface area contributed by atoms with Crippen LogP contribution in [0.25, 0.3) is 0 Å². The van der Waals surface area contributed by atoms with Crippen LogP contribution >= 0.6 is 0 Å². The van der Waals surface area contributed by atoms with Crippen LogP contribution in [0.15, 0.2) is 34.9 Å². The molecule has 0 unspecified atom stereocenters. The molecule has 37 heavy (non-hydrogen) atoms. The number of hydrogen-bond donors (Lipinski definition) is 6. The first-order valence-electron chi connectivity index (χ1n) is 13.0. The van der Waals surface area contributed by atoms with Crippen molar-refractivity contribution in [2.45, 2.75) is 122 Å². The van der Waals surface area contributed by atoms with Crippen molar-refractivity contribution in [1.29, 1.82) is 0 Å². The lowest BCUT2D eigenvalue weighted by atomic mass is 9.98. The summed E-state index contributed by atoms with van der Waals surface area (Å²) in [6.07, 6.45) is -2.91. The molecule has 2 fully saturated rings. The molecule has 6 N–H and O–H groups in total. The molecule has 10 nitrogen and oxygen atoms in total. The standard InChI is InChI=1S/C27H46O10/c1-15(2)8-6-9-16(3)10-7-11-17(4)12-13-34-26-25(33)23(31)21(29)19(37-26)14-35-27-24(32)22(30)20(28)18(5)36-27/h8,10,12,18-33H,6-7,9,11,13-14H2,1-5H3/b16-10+,17-12+/t18-,19+,20-,21-,22+,23-,24+,25+,26+,27+/m0/s1. The number of ether oxygens (including phenoxy) is 4. The van der Waals surface area contributed by atoms with Crippen LogP contribution in [0, 0.1) is 0 Å². The summed E-state index contributed by atoms with van der Waals surface area (Å²) >= 11 is 0. The molecule has 2 aliphatic rings. The van der Waals surface area contributed by atoms with E-state index in [-0.39, 0.29) is 13.2 Å². The Labute approximate surface area is 219 Å². The first-order valence-corrected chi connectivity index (χ1v) is 13.0. The van der Waals surface area contributed by atoms with Gasteiger partial charge in [-0.1, -0.05) is 34.9 Å². The Balaban J connectivity index is 1.82. The Morgan fingerprint density at radius 2 is 1.19 bits per heavy atom. The third-order valence-corrected chi connectivity index (χ3v) is 6.72. The van der Waals surface area contributed by atoms with Crippen LogP contribution < -0.4 is 0 Å². The fourth-order valence-electron chi connectivity index (χ4n) is 4.16. The minimum atomic E-state index is -1.54. The lowest BCUT2D eigenvalue weighted by Gasteiger charge is -2.42. The Bertz CT molecular complexity index is 777. The largest absolute Gasteiger partial charge is 0.388 e. The van der Waals surface area contributed by atoms with Gasteiger partial charge in [-0.05, 0) is 60.3 Å². The van der Waals surface area contributed by atoms with Gasteiger partial charge in [-0.15, -0.1) is 0 Å². The summed E-state index contributed by atoms with van der Waals surface area (Å²) in [6.45, 7) is 9.65. The normalized spacial score (nSPS) is 37.5. The minimum absolute atomic E-state index is 0.138. The molecular formula is C27H46O10. The van der Waals surface area contributed by atoms with Gasteiger partial charge in [0.2, 0.25) is 0 Å². The highest BCUT2D eigenvalue weighted by Crippen LogP contribution is 2.26. The fraction of sp³-hybridized carbons (Fsp3) is 0.778. The van der Waals surface area contributed by atoms with Crippen LogP contribution in [-0.2, 0) is 18.9 Å². The van der Waals surface area contributed by atoms with Crippen molar-refractivity contribution in [2.24, 2.45) is 0 Å². The summed E-state index contributed by atoms with van der Waals surface area (Å²) in [5.74, 6) is 0. The highest BCUT2D eigenvalue weighted by molar-refractivity contribution is 5.05. The third kappa shape index (κ3) is 9.81. The Morgan fingerprint density at radius 3 is 1.81 bits per heavy atom. The SMILES string of the molecule is CC(C)=CCC/C(C)=C/CC/C(C)=C/CO[C@@H]1O[C@H](CO[C@@H]2O[C@@H](C)[C@H](O)[C@@H](O)[C@H]2O)[C@H](O)[C@H](O)[C@H]1O. The average molecular weight is 531 g/mol. The molecule has 0 spiro atoms. The van der Waals surface area contributed by atoms with E-state index >= 15 is 0 Å². The van der Waals surface area contributed by atoms with Gasteiger partial charge >= 0.3 is 0 Å². The quantitative estimate of drug-likeness (QED) is 0.202. The molecule has 0 bridgehead atoms. The van der Waals surface area contributed by atoms with Gasteiger partial charge in [0.1, 0.15) is 42.7 Å². The summed E-state index contributed by atoms with van der Waals surface area (Å²) in [5.41, 5.74) is 3.79. The second-order valence-electron chi connectivity index (χ2n) is 10.3. The maximum absolute atomic E-state index is 10.3. The van der Waals surface area contributed by atoms with Gasteiger partial charge in [-0.25, -0.2) is 0 Å². The fourth-order valence-corrected chi connectivity index (χ4v) is 4.16. The molecule has 2 rings (SSSR count). The van der Waals surface area contributed by atoms with E-state index in [4.69, 9.17) is 18.9 Å². The Hall–Kier alpha value is -1.18. The number of hydrogen-bond acceptors (Lipinski definition) is 10. The monoisotopic (exact) mass is 530 g/mol. The zero-order valence-corrected chi connectivity index (χ0v) is 22.6. The topological polar surface area (TPSA) is 158 Å². The molecule has 10 atom stereocenters. The van der Waals surface area contributed by atoms with E-state index in [1.165, 1.54) is 18.1 Å². The van der Waals surface area contributed by atoms with E-state index in [1.807, 2.05) is 13.0 Å². The van der Waals surface area contributed by atoms with Crippen molar-refractivity contribution in [1.82, 2.24) is 0 Å². The van der Waals surface area contributed by atoms with E-state index in [0.29, 0.717) is 0 Å². The van der Waals surface area contributed by atoms with Crippen molar-refractivity contribution < 1.29 is 49.6 Å². The summed E-state index contributed by atoms with van der Waals surface area (Å²) in [7, 11) is 0. The lowest BCUT2D eigenvalue weighted by molar-refractivity contribution is -0.326. The molecule has 0 amide bonds. The summed E-state index contributed by atoms with van der Waals surface area (Å²) in [5, 5.41) is 60.7. The van der Waals surface area contributed by atoms with E-state index in [9.17, 15) is 30.6 Å². The molecule has 0 aromatic carbocycles. The number of aliphatic hydroxyl groups is 6. The second-order valence-corrected chi connectivity index (χ2v) is 10.3. The number of rotatable bonds is 12. The lowest BCUT2D eigenvalue weighted by Crippen LogP contribution is -2.61. The van der Waals surface area contributed by atoms with Crippen LogP contribution in [0.2, 0.25) is 0 Å². The van der Waals surface area contributed by atoms with Crippen LogP contribution in [0.4, 0.5) is 0 Å². The van der Waals surface area contributed by atoms with Crippen LogP contribution in [-0.4, -0.2) is 105 Å².